The highest BCUT2D eigenvalue weighted by Gasteiger charge is 2.32. The van der Waals surface area contributed by atoms with E-state index in [9.17, 15) is 4.79 Å². The highest BCUT2D eigenvalue weighted by Crippen LogP contribution is 2.32. The predicted octanol–water partition coefficient (Wildman–Crippen LogP) is 3.53. The topological polar surface area (TPSA) is 48.0 Å². The van der Waals surface area contributed by atoms with Gasteiger partial charge in [-0.15, -0.1) is 0 Å². The predicted molar refractivity (Wildman–Crippen MR) is 102 cm³/mol. The van der Waals surface area contributed by atoms with E-state index in [1.165, 1.54) is 0 Å². The lowest BCUT2D eigenvalue weighted by Gasteiger charge is -2.35. The Balaban J connectivity index is 1.22. The van der Waals surface area contributed by atoms with Gasteiger partial charge in [0.25, 0.3) is 5.91 Å². The van der Waals surface area contributed by atoms with Crippen LogP contribution in [0.5, 0.6) is 17.2 Å². The second-order valence-electron chi connectivity index (χ2n) is 7.08. The van der Waals surface area contributed by atoms with Crippen molar-refractivity contribution in [1.29, 1.82) is 0 Å². The van der Waals surface area contributed by atoms with Crippen LogP contribution in [0.25, 0.3) is 0 Å². The molecule has 4 rings (SSSR count). The second kappa shape index (κ2) is 8.33. The van der Waals surface area contributed by atoms with E-state index in [2.05, 4.69) is 0 Å². The molecule has 142 valence electrons. The van der Waals surface area contributed by atoms with Gasteiger partial charge in [-0.25, -0.2) is 0 Å². The molecule has 0 radical (unpaired) electrons. The molecule has 2 aromatic carbocycles. The lowest BCUT2D eigenvalue weighted by atomic mass is 9.93. The van der Waals surface area contributed by atoms with E-state index < -0.39 is 6.10 Å². The zero-order valence-electron chi connectivity index (χ0n) is 15.4. The van der Waals surface area contributed by atoms with E-state index >= 15 is 0 Å². The minimum absolute atomic E-state index is 0.0310. The number of carbonyl (C=O) groups is 1. The molecule has 0 aliphatic carbocycles. The number of nitrogens with zero attached hydrogens (tertiary/aromatic N) is 1. The quantitative estimate of drug-likeness (QED) is 0.811. The SMILES string of the molecule is O=C(C1COc2ccccc2O1)N1CCC(CCOc2ccccc2)CC1. The smallest absolute Gasteiger partial charge is 0.267 e. The molecule has 2 aliphatic heterocycles. The molecular weight excluding hydrogens is 342 g/mol. The largest absolute Gasteiger partial charge is 0.494 e. The first-order valence-electron chi connectivity index (χ1n) is 9.65. The van der Waals surface area contributed by atoms with Crippen molar-refractivity contribution in [2.75, 3.05) is 26.3 Å². The van der Waals surface area contributed by atoms with Crippen LogP contribution in [0.15, 0.2) is 54.6 Å². The van der Waals surface area contributed by atoms with Crippen molar-refractivity contribution in [3.8, 4) is 17.2 Å². The second-order valence-corrected chi connectivity index (χ2v) is 7.08. The lowest BCUT2D eigenvalue weighted by molar-refractivity contribution is -0.142. The molecule has 1 amide bonds. The van der Waals surface area contributed by atoms with Crippen molar-refractivity contribution in [2.45, 2.75) is 25.4 Å². The van der Waals surface area contributed by atoms with Gasteiger partial charge in [0.15, 0.2) is 11.5 Å². The molecule has 2 aliphatic rings. The average Bonchev–Trinajstić information content (AvgIpc) is 2.74. The third-order valence-corrected chi connectivity index (χ3v) is 5.25. The van der Waals surface area contributed by atoms with Crippen LogP contribution in [0.1, 0.15) is 19.3 Å². The zero-order chi connectivity index (χ0) is 18.5. The fraction of sp³-hybridized carbons (Fsp3) is 0.409. The van der Waals surface area contributed by atoms with E-state index in [1.807, 2.05) is 59.5 Å². The Bertz CT molecular complexity index is 756. The Labute approximate surface area is 159 Å². The van der Waals surface area contributed by atoms with Crippen LogP contribution in [0.4, 0.5) is 0 Å². The molecular formula is C22H25NO4. The maximum Gasteiger partial charge on any atom is 0.267 e. The zero-order valence-corrected chi connectivity index (χ0v) is 15.4. The van der Waals surface area contributed by atoms with Crippen molar-refractivity contribution in [1.82, 2.24) is 4.90 Å². The number of amides is 1. The van der Waals surface area contributed by atoms with Gasteiger partial charge in [0.05, 0.1) is 6.61 Å². The fourth-order valence-electron chi connectivity index (χ4n) is 3.65. The number of hydrogen-bond donors (Lipinski definition) is 0. The number of ether oxygens (including phenoxy) is 3. The van der Waals surface area contributed by atoms with Crippen LogP contribution in [-0.2, 0) is 4.79 Å². The van der Waals surface area contributed by atoms with Crippen LogP contribution < -0.4 is 14.2 Å². The Hall–Kier alpha value is -2.69. The van der Waals surface area contributed by atoms with Gasteiger partial charge in [-0.05, 0) is 49.4 Å². The van der Waals surface area contributed by atoms with Crippen molar-refractivity contribution in [2.24, 2.45) is 5.92 Å². The van der Waals surface area contributed by atoms with Gasteiger partial charge in [-0.3, -0.25) is 4.79 Å². The van der Waals surface area contributed by atoms with Crippen LogP contribution in [-0.4, -0.2) is 43.2 Å². The molecule has 5 heteroatoms. The van der Waals surface area contributed by atoms with Crippen LogP contribution in [0.2, 0.25) is 0 Å². The van der Waals surface area contributed by atoms with Gasteiger partial charge in [-0.1, -0.05) is 30.3 Å². The summed E-state index contributed by atoms with van der Waals surface area (Å²) in [7, 11) is 0. The highest BCUT2D eigenvalue weighted by molar-refractivity contribution is 5.82. The number of hydrogen-bond acceptors (Lipinski definition) is 4. The molecule has 5 nitrogen and oxygen atoms in total. The Kier molecular flexibility index (Phi) is 5.47. The van der Waals surface area contributed by atoms with Gasteiger partial charge in [0.2, 0.25) is 6.10 Å². The molecule has 0 saturated carbocycles. The molecule has 1 fully saturated rings. The summed E-state index contributed by atoms with van der Waals surface area (Å²) in [5.74, 6) is 2.90. The standard InChI is InChI=1S/C22H25NO4/c24-22(21-16-26-19-8-4-5-9-20(19)27-21)23-13-10-17(11-14-23)12-15-25-18-6-2-1-3-7-18/h1-9,17,21H,10-16H2. The van der Waals surface area contributed by atoms with E-state index in [0.29, 0.717) is 17.4 Å². The van der Waals surface area contributed by atoms with Gasteiger partial charge < -0.3 is 19.1 Å². The molecule has 1 saturated heterocycles. The van der Waals surface area contributed by atoms with Crippen LogP contribution in [0, 0.1) is 5.92 Å². The fourth-order valence-corrected chi connectivity index (χ4v) is 3.65. The van der Waals surface area contributed by atoms with Crippen molar-refractivity contribution >= 4 is 5.91 Å². The van der Waals surface area contributed by atoms with Crippen molar-refractivity contribution in [3.05, 3.63) is 54.6 Å². The van der Waals surface area contributed by atoms with E-state index in [0.717, 1.165) is 44.7 Å². The number of para-hydroxylation sites is 3. The molecule has 0 spiro atoms. The number of benzene rings is 2. The summed E-state index contributed by atoms with van der Waals surface area (Å²) >= 11 is 0. The molecule has 1 unspecified atom stereocenters. The summed E-state index contributed by atoms with van der Waals surface area (Å²) in [4.78, 5) is 14.7. The number of fused-ring (bicyclic) bond motifs is 1. The summed E-state index contributed by atoms with van der Waals surface area (Å²) in [5.41, 5.74) is 0. The minimum atomic E-state index is -0.544. The lowest BCUT2D eigenvalue weighted by Crippen LogP contribution is -2.49. The summed E-state index contributed by atoms with van der Waals surface area (Å²) in [6.07, 6.45) is 2.49. The Morgan fingerprint density at radius 3 is 2.48 bits per heavy atom. The summed E-state index contributed by atoms with van der Waals surface area (Å²) in [5, 5.41) is 0. The first kappa shape index (κ1) is 17.7. The summed E-state index contributed by atoms with van der Waals surface area (Å²) in [6.45, 7) is 2.55. The van der Waals surface area contributed by atoms with Gasteiger partial charge in [-0.2, -0.15) is 0 Å². The molecule has 2 aromatic rings. The third-order valence-electron chi connectivity index (χ3n) is 5.25. The van der Waals surface area contributed by atoms with Gasteiger partial charge in [0, 0.05) is 13.1 Å². The molecule has 1 atom stereocenters. The van der Waals surface area contributed by atoms with Gasteiger partial charge >= 0.3 is 0 Å². The van der Waals surface area contributed by atoms with E-state index in [4.69, 9.17) is 14.2 Å². The van der Waals surface area contributed by atoms with Gasteiger partial charge in [0.1, 0.15) is 12.4 Å². The van der Waals surface area contributed by atoms with E-state index in [-0.39, 0.29) is 12.5 Å². The molecule has 0 bridgehead atoms. The van der Waals surface area contributed by atoms with Crippen molar-refractivity contribution < 1.29 is 19.0 Å². The first-order chi connectivity index (χ1) is 13.3. The Morgan fingerprint density at radius 2 is 1.70 bits per heavy atom. The Morgan fingerprint density at radius 1 is 1.00 bits per heavy atom. The first-order valence-corrected chi connectivity index (χ1v) is 9.65. The van der Waals surface area contributed by atoms with E-state index in [1.54, 1.807) is 0 Å². The molecule has 0 aromatic heterocycles. The maximum absolute atomic E-state index is 12.8. The summed E-state index contributed by atoms with van der Waals surface area (Å²) in [6, 6.07) is 17.4. The normalized spacial score (nSPS) is 19.6. The van der Waals surface area contributed by atoms with Crippen LogP contribution in [0.3, 0.4) is 0 Å². The minimum Gasteiger partial charge on any atom is -0.494 e. The number of carbonyl (C=O) groups excluding carboxylic acids is 1. The number of piperidine rings is 1. The molecule has 27 heavy (non-hydrogen) atoms. The maximum atomic E-state index is 12.8. The monoisotopic (exact) mass is 367 g/mol. The molecule has 0 N–H and O–H groups in total. The number of rotatable bonds is 5. The molecule has 2 heterocycles. The van der Waals surface area contributed by atoms with Crippen LogP contribution >= 0.6 is 0 Å². The summed E-state index contributed by atoms with van der Waals surface area (Å²) < 4.78 is 17.3. The van der Waals surface area contributed by atoms with Crippen molar-refractivity contribution in [3.63, 3.8) is 0 Å². The average molecular weight is 367 g/mol. The number of likely N-dealkylation sites (tertiary alicyclic amines) is 1. The third kappa shape index (κ3) is 4.35. The highest BCUT2D eigenvalue weighted by atomic mass is 16.6.